The molecule has 2 atom stereocenters. The van der Waals surface area contributed by atoms with Crippen molar-refractivity contribution < 1.29 is 9.53 Å². The number of carbonyl (C=O) groups is 1. The van der Waals surface area contributed by atoms with E-state index in [-0.39, 0.29) is 11.3 Å². The van der Waals surface area contributed by atoms with Gasteiger partial charge < -0.3 is 10.1 Å². The van der Waals surface area contributed by atoms with E-state index in [0.717, 1.165) is 49.8 Å². The minimum atomic E-state index is 0.0140. The van der Waals surface area contributed by atoms with E-state index in [1.807, 2.05) is 29.8 Å². The highest BCUT2D eigenvalue weighted by Crippen LogP contribution is 2.41. The van der Waals surface area contributed by atoms with Crippen LogP contribution in [0.15, 0.2) is 35.0 Å². The topological polar surface area (TPSA) is 54.5 Å². The number of ether oxygens (including phenoxy) is 1. The first-order valence-corrected chi connectivity index (χ1v) is 9.62. The number of hydrogen-bond acceptors (Lipinski definition) is 5. The molecule has 2 saturated heterocycles. The highest BCUT2D eigenvalue weighted by atomic mass is 32.1. The summed E-state index contributed by atoms with van der Waals surface area (Å²) in [6, 6.07) is 8.04. The summed E-state index contributed by atoms with van der Waals surface area (Å²) in [6.45, 7) is 7.01. The lowest BCUT2D eigenvalue weighted by atomic mass is 9.81. The second-order valence-electron chi connectivity index (χ2n) is 7.21. The van der Waals surface area contributed by atoms with Crippen molar-refractivity contribution in [1.82, 2.24) is 15.2 Å². The molecule has 2 aromatic heterocycles. The number of pyridine rings is 1. The molecule has 0 aromatic carbocycles. The molecule has 4 rings (SSSR count). The molecule has 2 aromatic rings. The van der Waals surface area contributed by atoms with Gasteiger partial charge in [-0.1, -0.05) is 6.07 Å². The summed E-state index contributed by atoms with van der Waals surface area (Å²) in [4.78, 5) is 19.4. The third kappa shape index (κ3) is 3.47. The Morgan fingerprint density at radius 3 is 3.20 bits per heavy atom. The van der Waals surface area contributed by atoms with E-state index in [1.54, 1.807) is 11.3 Å². The van der Waals surface area contributed by atoms with Gasteiger partial charge in [0.05, 0.1) is 18.9 Å². The first kappa shape index (κ1) is 16.7. The number of aromatic nitrogens is 1. The zero-order valence-corrected chi connectivity index (χ0v) is 15.2. The van der Waals surface area contributed by atoms with Crippen LogP contribution in [0.2, 0.25) is 0 Å². The minimum Gasteiger partial charge on any atom is -0.380 e. The molecule has 25 heavy (non-hydrogen) atoms. The molecule has 6 heteroatoms. The van der Waals surface area contributed by atoms with Crippen LogP contribution in [0.4, 0.5) is 0 Å². The Kier molecular flexibility index (Phi) is 4.58. The Bertz CT molecular complexity index is 749. The van der Waals surface area contributed by atoms with Gasteiger partial charge in [0.2, 0.25) is 0 Å². The normalized spacial score (nSPS) is 25.9. The fourth-order valence-electron chi connectivity index (χ4n) is 3.98. The van der Waals surface area contributed by atoms with Gasteiger partial charge in [-0.15, -0.1) is 0 Å². The molecule has 0 aliphatic carbocycles. The SMILES string of the molecule is Cc1cccc(CN2C[C@@H]3COC[C@]3(CNC(=O)c3ccsc3)C2)n1. The summed E-state index contributed by atoms with van der Waals surface area (Å²) < 4.78 is 5.76. The van der Waals surface area contributed by atoms with E-state index in [4.69, 9.17) is 4.74 Å². The summed E-state index contributed by atoms with van der Waals surface area (Å²) in [7, 11) is 0. The Morgan fingerprint density at radius 1 is 1.48 bits per heavy atom. The number of likely N-dealkylation sites (tertiary alicyclic amines) is 1. The lowest BCUT2D eigenvalue weighted by Crippen LogP contribution is -2.43. The van der Waals surface area contributed by atoms with E-state index in [1.165, 1.54) is 0 Å². The summed E-state index contributed by atoms with van der Waals surface area (Å²) in [5.74, 6) is 0.486. The maximum Gasteiger partial charge on any atom is 0.252 e. The molecule has 1 amide bonds. The van der Waals surface area contributed by atoms with Crippen LogP contribution in [0.1, 0.15) is 21.7 Å². The third-order valence-electron chi connectivity index (χ3n) is 5.31. The number of carbonyl (C=O) groups excluding carboxylic acids is 1. The molecule has 1 N–H and O–H groups in total. The second-order valence-corrected chi connectivity index (χ2v) is 7.99. The van der Waals surface area contributed by atoms with Gasteiger partial charge in [-0.05, 0) is 30.5 Å². The van der Waals surface area contributed by atoms with Gasteiger partial charge in [-0.2, -0.15) is 11.3 Å². The maximum absolute atomic E-state index is 12.3. The van der Waals surface area contributed by atoms with Crippen LogP contribution >= 0.6 is 11.3 Å². The van der Waals surface area contributed by atoms with E-state index in [2.05, 4.69) is 27.3 Å². The molecule has 2 aliphatic heterocycles. The molecule has 0 unspecified atom stereocenters. The van der Waals surface area contributed by atoms with Crippen LogP contribution < -0.4 is 5.32 Å². The largest absolute Gasteiger partial charge is 0.380 e. The molecular formula is C19H23N3O2S. The van der Waals surface area contributed by atoms with Crippen LogP contribution in [0.25, 0.3) is 0 Å². The van der Waals surface area contributed by atoms with Crippen LogP contribution in [-0.4, -0.2) is 48.6 Å². The number of amides is 1. The summed E-state index contributed by atoms with van der Waals surface area (Å²) in [6.07, 6.45) is 0. The zero-order chi connectivity index (χ0) is 17.3. The van der Waals surface area contributed by atoms with Crippen molar-refractivity contribution in [3.05, 3.63) is 52.0 Å². The highest BCUT2D eigenvalue weighted by molar-refractivity contribution is 7.08. The van der Waals surface area contributed by atoms with Gasteiger partial charge in [0, 0.05) is 54.1 Å². The third-order valence-corrected chi connectivity index (χ3v) is 5.99. The quantitative estimate of drug-likeness (QED) is 0.892. The fourth-order valence-corrected chi connectivity index (χ4v) is 4.62. The highest BCUT2D eigenvalue weighted by Gasteiger charge is 2.50. The molecule has 4 heterocycles. The van der Waals surface area contributed by atoms with Gasteiger partial charge in [0.1, 0.15) is 0 Å². The number of hydrogen-bond donors (Lipinski definition) is 1. The van der Waals surface area contributed by atoms with Crippen LogP contribution in [0.5, 0.6) is 0 Å². The molecule has 2 aliphatic rings. The molecule has 0 spiro atoms. The van der Waals surface area contributed by atoms with Crippen molar-refractivity contribution in [2.75, 3.05) is 32.8 Å². The summed E-state index contributed by atoms with van der Waals surface area (Å²) in [5.41, 5.74) is 2.93. The number of fused-ring (bicyclic) bond motifs is 1. The summed E-state index contributed by atoms with van der Waals surface area (Å²) in [5, 5.41) is 6.95. The van der Waals surface area contributed by atoms with Crippen molar-refractivity contribution in [1.29, 1.82) is 0 Å². The smallest absolute Gasteiger partial charge is 0.252 e. The fraction of sp³-hybridized carbons (Fsp3) is 0.474. The van der Waals surface area contributed by atoms with E-state index < -0.39 is 0 Å². The average molecular weight is 357 g/mol. The van der Waals surface area contributed by atoms with Crippen LogP contribution in [0.3, 0.4) is 0 Å². The van der Waals surface area contributed by atoms with Crippen molar-refractivity contribution in [2.24, 2.45) is 11.3 Å². The molecule has 2 fully saturated rings. The number of aryl methyl sites for hydroxylation is 1. The maximum atomic E-state index is 12.3. The molecule has 0 bridgehead atoms. The molecule has 0 radical (unpaired) electrons. The van der Waals surface area contributed by atoms with Crippen LogP contribution in [0, 0.1) is 18.3 Å². The standard InChI is InChI=1S/C19H23N3O2S/c1-14-3-2-4-17(21-14)8-22-7-16-9-24-13-19(16,12-22)11-20-18(23)15-5-6-25-10-15/h2-6,10,16H,7-9,11-13H2,1H3,(H,20,23)/t16-,19+/m1/s1. The number of nitrogens with one attached hydrogen (secondary N) is 1. The van der Waals surface area contributed by atoms with Crippen molar-refractivity contribution in [3.63, 3.8) is 0 Å². The monoisotopic (exact) mass is 357 g/mol. The lowest BCUT2D eigenvalue weighted by molar-refractivity contribution is 0.0904. The van der Waals surface area contributed by atoms with Crippen molar-refractivity contribution >= 4 is 17.2 Å². The Labute approximate surface area is 152 Å². The predicted molar refractivity (Wildman–Crippen MR) is 97.6 cm³/mol. The van der Waals surface area contributed by atoms with Gasteiger partial charge in [-0.25, -0.2) is 0 Å². The van der Waals surface area contributed by atoms with Gasteiger partial charge in [0.25, 0.3) is 5.91 Å². The molecule has 5 nitrogen and oxygen atoms in total. The first-order chi connectivity index (χ1) is 12.1. The molecular weight excluding hydrogens is 334 g/mol. The lowest BCUT2D eigenvalue weighted by Gasteiger charge is -2.27. The Balaban J connectivity index is 1.41. The summed E-state index contributed by atoms with van der Waals surface area (Å²) >= 11 is 1.55. The minimum absolute atomic E-state index is 0.0140. The zero-order valence-electron chi connectivity index (χ0n) is 14.4. The predicted octanol–water partition coefficient (Wildman–Crippen LogP) is 2.33. The molecule has 132 valence electrons. The van der Waals surface area contributed by atoms with Gasteiger partial charge in [0.15, 0.2) is 0 Å². The van der Waals surface area contributed by atoms with E-state index in [0.29, 0.717) is 12.5 Å². The second kappa shape index (κ2) is 6.86. The Hall–Kier alpha value is -1.76. The Morgan fingerprint density at radius 2 is 2.40 bits per heavy atom. The average Bonchev–Trinajstić information content (AvgIpc) is 3.28. The molecule has 0 saturated carbocycles. The number of thiophene rings is 1. The van der Waals surface area contributed by atoms with Crippen molar-refractivity contribution in [2.45, 2.75) is 13.5 Å². The van der Waals surface area contributed by atoms with Gasteiger partial charge >= 0.3 is 0 Å². The van der Waals surface area contributed by atoms with E-state index in [9.17, 15) is 4.79 Å². The van der Waals surface area contributed by atoms with E-state index >= 15 is 0 Å². The number of rotatable bonds is 5. The van der Waals surface area contributed by atoms with Crippen molar-refractivity contribution in [3.8, 4) is 0 Å². The van der Waals surface area contributed by atoms with Crippen LogP contribution in [-0.2, 0) is 11.3 Å². The van der Waals surface area contributed by atoms with Gasteiger partial charge in [-0.3, -0.25) is 14.7 Å². The number of nitrogens with zero attached hydrogens (tertiary/aromatic N) is 2. The first-order valence-electron chi connectivity index (χ1n) is 8.68.